The first-order valence-corrected chi connectivity index (χ1v) is 4.80. The van der Waals surface area contributed by atoms with Crippen LogP contribution in [0.15, 0.2) is 34.6 Å². The van der Waals surface area contributed by atoms with Gasteiger partial charge in [0.05, 0.1) is 0 Å². The van der Waals surface area contributed by atoms with E-state index in [1.165, 1.54) is 5.56 Å². The molecule has 0 bridgehead atoms. The van der Waals surface area contributed by atoms with Crippen molar-refractivity contribution >= 4 is 5.69 Å². The maximum atomic E-state index is 10.2. The predicted molar refractivity (Wildman–Crippen MR) is 58.8 cm³/mol. The maximum Gasteiger partial charge on any atom is 0.108 e. The highest BCUT2D eigenvalue weighted by Crippen LogP contribution is 2.13. The summed E-state index contributed by atoms with van der Waals surface area (Å²) in [5.41, 5.74) is 9.68. The lowest BCUT2D eigenvalue weighted by Crippen LogP contribution is -1.86. The first-order valence-electron chi connectivity index (χ1n) is 4.80. The quantitative estimate of drug-likeness (QED) is 0.228. The average molecular weight is 204 g/mol. The second-order valence-corrected chi connectivity index (χ2v) is 3.17. The van der Waals surface area contributed by atoms with Gasteiger partial charge in [0.2, 0.25) is 0 Å². The summed E-state index contributed by atoms with van der Waals surface area (Å²) in [6.45, 7) is 0.546. The second kappa shape index (κ2) is 6.56. The van der Waals surface area contributed by atoms with Gasteiger partial charge in [-0.2, -0.15) is 0 Å². The van der Waals surface area contributed by atoms with Crippen LogP contribution in [-0.4, -0.2) is 6.54 Å². The summed E-state index contributed by atoms with van der Waals surface area (Å²) in [5.74, 6) is 0. The van der Waals surface area contributed by atoms with Crippen LogP contribution in [0.3, 0.4) is 0 Å². The van der Waals surface area contributed by atoms with E-state index in [4.69, 9.17) is 5.53 Å². The van der Waals surface area contributed by atoms with Crippen molar-refractivity contribution in [1.82, 2.24) is 0 Å². The molecule has 0 aromatic heterocycles. The van der Waals surface area contributed by atoms with Crippen LogP contribution in [0.1, 0.15) is 18.4 Å². The zero-order valence-electron chi connectivity index (χ0n) is 8.33. The number of nitroso groups, excluding NO2 is 1. The Bertz CT molecular complexity index is 354. The van der Waals surface area contributed by atoms with Gasteiger partial charge in [0.25, 0.3) is 0 Å². The van der Waals surface area contributed by atoms with E-state index in [0.29, 0.717) is 12.2 Å². The fourth-order valence-electron chi connectivity index (χ4n) is 1.28. The number of unbranched alkanes of at least 4 members (excludes halogenated alkanes) is 1. The number of nitrogens with zero attached hydrogens (tertiary/aromatic N) is 4. The van der Waals surface area contributed by atoms with E-state index in [2.05, 4.69) is 15.2 Å². The van der Waals surface area contributed by atoms with Crippen molar-refractivity contribution < 1.29 is 0 Å². The Hall–Kier alpha value is -1.87. The second-order valence-electron chi connectivity index (χ2n) is 3.17. The summed E-state index contributed by atoms with van der Waals surface area (Å²) in [4.78, 5) is 12.8. The van der Waals surface area contributed by atoms with E-state index in [0.717, 1.165) is 19.3 Å². The molecule has 1 aromatic rings. The molecule has 0 radical (unpaired) electrons. The van der Waals surface area contributed by atoms with E-state index in [1.54, 1.807) is 12.1 Å². The number of hydrogen-bond donors (Lipinski definition) is 0. The van der Waals surface area contributed by atoms with Gasteiger partial charge in [0.15, 0.2) is 0 Å². The first-order chi connectivity index (χ1) is 7.36. The van der Waals surface area contributed by atoms with Crippen molar-refractivity contribution in [2.24, 2.45) is 10.3 Å². The summed E-state index contributed by atoms with van der Waals surface area (Å²) < 4.78 is 0. The zero-order valence-corrected chi connectivity index (χ0v) is 8.33. The summed E-state index contributed by atoms with van der Waals surface area (Å²) >= 11 is 0. The smallest absolute Gasteiger partial charge is 0.108 e. The monoisotopic (exact) mass is 204 g/mol. The average Bonchev–Trinajstić information content (AvgIpc) is 2.30. The molecule has 1 rings (SSSR count). The van der Waals surface area contributed by atoms with Gasteiger partial charge in [-0.1, -0.05) is 17.2 Å². The molecule has 0 unspecified atom stereocenters. The normalized spacial score (nSPS) is 9.33. The van der Waals surface area contributed by atoms with Gasteiger partial charge >= 0.3 is 0 Å². The van der Waals surface area contributed by atoms with Gasteiger partial charge in [0.1, 0.15) is 5.69 Å². The summed E-state index contributed by atoms with van der Waals surface area (Å²) in [7, 11) is 0. The van der Waals surface area contributed by atoms with Gasteiger partial charge in [-0.3, -0.25) is 0 Å². The van der Waals surface area contributed by atoms with Crippen molar-refractivity contribution in [3.63, 3.8) is 0 Å². The summed E-state index contributed by atoms with van der Waals surface area (Å²) in [5, 5.41) is 6.28. The molecule has 0 saturated heterocycles. The molecule has 0 atom stereocenters. The Morgan fingerprint density at radius 1 is 1.20 bits per heavy atom. The van der Waals surface area contributed by atoms with Crippen LogP contribution in [0.25, 0.3) is 10.4 Å². The molecule has 0 aliphatic rings. The number of hydrogen-bond acceptors (Lipinski definition) is 3. The molecule has 0 heterocycles. The highest BCUT2D eigenvalue weighted by molar-refractivity contribution is 5.38. The number of azide groups is 1. The zero-order chi connectivity index (χ0) is 10.9. The minimum atomic E-state index is 0.452. The minimum absolute atomic E-state index is 0.452. The van der Waals surface area contributed by atoms with Gasteiger partial charge in [0, 0.05) is 11.5 Å². The Labute approximate surface area is 87.7 Å². The van der Waals surface area contributed by atoms with Crippen LogP contribution >= 0.6 is 0 Å². The third-order valence-corrected chi connectivity index (χ3v) is 2.08. The van der Waals surface area contributed by atoms with Crippen molar-refractivity contribution in [3.8, 4) is 0 Å². The molecule has 0 spiro atoms. The van der Waals surface area contributed by atoms with Crippen LogP contribution in [0.4, 0.5) is 5.69 Å². The Morgan fingerprint density at radius 3 is 2.53 bits per heavy atom. The molecule has 0 aliphatic heterocycles. The first kappa shape index (κ1) is 11.2. The summed E-state index contributed by atoms with van der Waals surface area (Å²) in [6, 6.07) is 7.19. The van der Waals surface area contributed by atoms with Gasteiger partial charge in [-0.25, -0.2) is 0 Å². The molecular weight excluding hydrogens is 192 g/mol. The van der Waals surface area contributed by atoms with Crippen molar-refractivity contribution in [1.29, 1.82) is 0 Å². The van der Waals surface area contributed by atoms with Gasteiger partial charge < -0.3 is 0 Å². The van der Waals surface area contributed by atoms with Crippen LogP contribution in [0.2, 0.25) is 0 Å². The molecule has 78 valence electrons. The van der Waals surface area contributed by atoms with Crippen molar-refractivity contribution in [2.75, 3.05) is 6.54 Å². The van der Waals surface area contributed by atoms with Crippen LogP contribution < -0.4 is 0 Å². The van der Waals surface area contributed by atoms with E-state index in [1.807, 2.05) is 12.1 Å². The predicted octanol–water partition coefficient (Wildman–Crippen LogP) is 3.72. The Balaban J connectivity index is 2.31. The lowest BCUT2D eigenvalue weighted by atomic mass is 10.1. The largest absolute Gasteiger partial charge is 0.145 e. The standard InChI is InChI=1S/C10H12N4O/c11-14-12-8-2-1-3-9-4-6-10(13-15)7-5-9/h4-7H,1-3,8H2. The van der Waals surface area contributed by atoms with Gasteiger partial charge in [-0.15, -0.1) is 4.91 Å². The minimum Gasteiger partial charge on any atom is -0.145 e. The number of rotatable bonds is 6. The molecule has 0 fully saturated rings. The fourth-order valence-corrected chi connectivity index (χ4v) is 1.28. The van der Waals surface area contributed by atoms with E-state index in [-0.39, 0.29) is 0 Å². The lowest BCUT2D eigenvalue weighted by molar-refractivity contribution is 0.742. The lowest BCUT2D eigenvalue weighted by Gasteiger charge is -1.99. The molecule has 0 N–H and O–H groups in total. The third kappa shape index (κ3) is 4.24. The molecular formula is C10H12N4O. The summed E-state index contributed by atoms with van der Waals surface area (Å²) in [6.07, 6.45) is 2.80. The van der Waals surface area contributed by atoms with E-state index in [9.17, 15) is 4.91 Å². The van der Waals surface area contributed by atoms with E-state index < -0.39 is 0 Å². The molecule has 0 amide bonds. The number of aryl methyl sites for hydroxylation is 1. The Kier molecular flexibility index (Phi) is 4.90. The third-order valence-electron chi connectivity index (χ3n) is 2.08. The fraction of sp³-hybridized carbons (Fsp3) is 0.400. The molecule has 5 heteroatoms. The van der Waals surface area contributed by atoms with E-state index >= 15 is 0 Å². The molecule has 1 aromatic carbocycles. The molecule has 0 saturated carbocycles. The highest BCUT2D eigenvalue weighted by Gasteiger charge is 1.94. The maximum absolute atomic E-state index is 10.2. The molecule has 0 aliphatic carbocycles. The molecule has 5 nitrogen and oxygen atoms in total. The SMILES string of the molecule is [N-]=[N+]=NCCCCc1ccc(N=O)cc1. The highest BCUT2D eigenvalue weighted by atomic mass is 16.3. The topological polar surface area (TPSA) is 78.2 Å². The van der Waals surface area contributed by atoms with Crippen molar-refractivity contribution in [2.45, 2.75) is 19.3 Å². The van der Waals surface area contributed by atoms with Gasteiger partial charge in [-0.05, 0) is 47.7 Å². The van der Waals surface area contributed by atoms with Crippen LogP contribution in [-0.2, 0) is 6.42 Å². The van der Waals surface area contributed by atoms with Crippen LogP contribution in [0, 0.1) is 4.91 Å². The number of benzene rings is 1. The Morgan fingerprint density at radius 2 is 1.93 bits per heavy atom. The van der Waals surface area contributed by atoms with Crippen molar-refractivity contribution in [3.05, 3.63) is 45.2 Å². The molecule has 15 heavy (non-hydrogen) atoms. The van der Waals surface area contributed by atoms with Crippen LogP contribution in [0.5, 0.6) is 0 Å².